The van der Waals surface area contributed by atoms with Crippen LogP contribution in [0.25, 0.3) is 0 Å². The molecular formula is C28H26F3N3O3S. The Morgan fingerprint density at radius 3 is 2.53 bits per heavy atom. The lowest BCUT2D eigenvalue weighted by atomic mass is 10.1. The van der Waals surface area contributed by atoms with Gasteiger partial charge >= 0.3 is 12.2 Å². The Kier molecular flexibility index (Phi) is 6.77. The third-order valence-corrected chi connectivity index (χ3v) is 8.21. The van der Waals surface area contributed by atoms with Crippen molar-refractivity contribution in [1.82, 2.24) is 10.2 Å². The van der Waals surface area contributed by atoms with Gasteiger partial charge in [-0.2, -0.15) is 13.2 Å². The highest BCUT2D eigenvalue weighted by atomic mass is 32.2. The van der Waals surface area contributed by atoms with Crippen molar-refractivity contribution in [3.05, 3.63) is 94.5 Å². The minimum Gasteiger partial charge on any atom is -0.497 e. The number of ether oxygens (including phenoxy) is 1. The SMILES string of the molecule is COc1ccc2c(c1)[C@@]1(SCCN1C(=O)NCc1cccc(C)c1)C(=O)N2Cc1ccc(C(F)(F)F)cc1. The van der Waals surface area contributed by atoms with Gasteiger partial charge in [-0.15, -0.1) is 11.8 Å². The highest BCUT2D eigenvalue weighted by Crippen LogP contribution is 2.55. The van der Waals surface area contributed by atoms with Gasteiger partial charge in [-0.3, -0.25) is 9.69 Å². The van der Waals surface area contributed by atoms with Crippen LogP contribution < -0.4 is 15.0 Å². The van der Waals surface area contributed by atoms with Gasteiger partial charge in [0.15, 0.2) is 4.87 Å². The number of carbonyl (C=O) groups is 2. The molecule has 0 saturated carbocycles. The highest BCUT2D eigenvalue weighted by Gasteiger charge is 2.59. The highest BCUT2D eigenvalue weighted by molar-refractivity contribution is 8.01. The average Bonchev–Trinajstić information content (AvgIpc) is 3.44. The molecule has 0 unspecified atom stereocenters. The summed E-state index contributed by atoms with van der Waals surface area (Å²) in [5.74, 6) is 0.780. The van der Waals surface area contributed by atoms with Crippen LogP contribution in [0.2, 0.25) is 0 Å². The number of methoxy groups -OCH3 is 1. The van der Waals surface area contributed by atoms with Crippen molar-refractivity contribution in [2.45, 2.75) is 31.1 Å². The van der Waals surface area contributed by atoms with E-state index < -0.39 is 16.6 Å². The van der Waals surface area contributed by atoms with Crippen LogP contribution in [0.5, 0.6) is 5.75 Å². The Labute approximate surface area is 222 Å². The van der Waals surface area contributed by atoms with Crippen molar-refractivity contribution < 1.29 is 27.5 Å². The Hall–Kier alpha value is -3.66. The van der Waals surface area contributed by atoms with Crippen molar-refractivity contribution in [2.75, 3.05) is 24.3 Å². The van der Waals surface area contributed by atoms with Crippen LogP contribution in [-0.2, 0) is 28.9 Å². The van der Waals surface area contributed by atoms with E-state index >= 15 is 0 Å². The normalized spacial score (nSPS) is 18.7. The number of fused-ring (bicyclic) bond motifs is 2. The molecule has 0 radical (unpaired) electrons. The maximum Gasteiger partial charge on any atom is 0.416 e. The molecule has 2 aliphatic rings. The molecule has 10 heteroatoms. The molecule has 3 amide bonds. The fourth-order valence-corrected chi connectivity index (χ4v) is 6.41. The maximum absolute atomic E-state index is 14.1. The van der Waals surface area contributed by atoms with Crippen molar-refractivity contribution in [3.63, 3.8) is 0 Å². The molecule has 1 N–H and O–H groups in total. The molecule has 1 fully saturated rings. The predicted octanol–water partition coefficient (Wildman–Crippen LogP) is 5.68. The fraction of sp³-hybridized carbons (Fsp3) is 0.286. The standard InChI is InChI=1S/C28H26F3N3O3S/c1-18-4-3-5-20(14-18)16-32-26(36)34-12-13-38-27(34)23-15-22(37-2)10-11-24(23)33(25(27)35)17-19-6-8-21(9-7-19)28(29,30)31/h3-11,14-15H,12-13,16-17H2,1-2H3,(H,32,36)/t27-/m1/s1. The van der Waals surface area contributed by atoms with Gasteiger partial charge in [-0.1, -0.05) is 42.0 Å². The molecule has 0 aliphatic carbocycles. The Bertz CT molecular complexity index is 1380. The van der Waals surface area contributed by atoms with E-state index in [1.807, 2.05) is 31.2 Å². The lowest BCUT2D eigenvalue weighted by Gasteiger charge is -2.33. The molecule has 1 spiro atoms. The first-order chi connectivity index (χ1) is 18.1. The number of anilines is 1. The van der Waals surface area contributed by atoms with Crippen LogP contribution in [0.15, 0.2) is 66.7 Å². The maximum atomic E-state index is 14.1. The zero-order valence-electron chi connectivity index (χ0n) is 20.8. The number of carbonyl (C=O) groups excluding carboxylic acids is 2. The number of nitrogens with one attached hydrogen (secondary N) is 1. The molecule has 2 aliphatic heterocycles. The molecule has 5 rings (SSSR count). The molecule has 1 atom stereocenters. The summed E-state index contributed by atoms with van der Waals surface area (Å²) >= 11 is 1.37. The van der Waals surface area contributed by atoms with Crippen molar-refractivity contribution in [3.8, 4) is 5.75 Å². The number of aryl methyl sites for hydroxylation is 1. The summed E-state index contributed by atoms with van der Waals surface area (Å²) in [5, 5.41) is 2.95. The predicted molar refractivity (Wildman–Crippen MR) is 140 cm³/mol. The van der Waals surface area contributed by atoms with Crippen LogP contribution >= 0.6 is 11.8 Å². The quantitative estimate of drug-likeness (QED) is 0.452. The number of hydrogen-bond acceptors (Lipinski definition) is 4. The molecule has 6 nitrogen and oxygen atoms in total. The summed E-state index contributed by atoms with van der Waals surface area (Å²) < 4.78 is 44.6. The third kappa shape index (κ3) is 4.57. The summed E-state index contributed by atoms with van der Waals surface area (Å²) in [6.07, 6.45) is -4.44. The van der Waals surface area contributed by atoms with Crippen LogP contribution in [-0.4, -0.2) is 36.2 Å². The van der Waals surface area contributed by atoms with E-state index in [9.17, 15) is 22.8 Å². The zero-order chi connectivity index (χ0) is 27.1. The minimum absolute atomic E-state index is 0.0668. The van der Waals surface area contributed by atoms with Crippen molar-refractivity contribution in [2.24, 2.45) is 0 Å². The topological polar surface area (TPSA) is 61.9 Å². The molecule has 1 saturated heterocycles. The Morgan fingerprint density at radius 2 is 1.84 bits per heavy atom. The molecule has 3 aromatic carbocycles. The molecule has 198 valence electrons. The van der Waals surface area contributed by atoms with Gasteiger partial charge in [-0.25, -0.2) is 4.79 Å². The molecule has 0 bridgehead atoms. The second-order valence-electron chi connectivity index (χ2n) is 9.26. The van der Waals surface area contributed by atoms with E-state index in [1.54, 1.807) is 23.1 Å². The van der Waals surface area contributed by atoms with E-state index in [0.717, 1.165) is 23.3 Å². The second-order valence-corrected chi connectivity index (χ2v) is 10.5. The van der Waals surface area contributed by atoms with Gasteiger partial charge in [0.05, 0.1) is 24.9 Å². The summed E-state index contributed by atoms with van der Waals surface area (Å²) in [5.41, 5.74) is 3.05. The van der Waals surface area contributed by atoms with Gasteiger partial charge in [0.25, 0.3) is 5.91 Å². The molecule has 3 aromatic rings. The largest absolute Gasteiger partial charge is 0.497 e. The number of nitrogens with zero attached hydrogens (tertiary/aromatic N) is 2. The lowest BCUT2D eigenvalue weighted by molar-refractivity contribution is -0.137. The number of rotatable bonds is 5. The first-order valence-corrected chi connectivity index (χ1v) is 13.0. The van der Waals surface area contributed by atoms with E-state index in [-0.39, 0.29) is 18.5 Å². The van der Waals surface area contributed by atoms with E-state index in [2.05, 4.69) is 5.32 Å². The van der Waals surface area contributed by atoms with E-state index in [4.69, 9.17) is 4.74 Å². The summed E-state index contributed by atoms with van der Waals surface area (Å²) in [6.45, 7) is 2.72. The number of urea groups is 1. The van der Waals surface area contributed by atoms with Crippen LogP contribution in [0.4, 0.5) is 23.7 Å². The molecule has 0 aromatic heterocycles. The van der Waals surface area contributed by atoms with E-state index in [0.29, 0.717) is 41.4 Å². The third-order valence-electron chi connectivity index (χ3n) is 6.79. The molecular weight excluding hydrogens is 515 g/mol. The Balaban J connectivity index is 1.46. The summed E-state index contributed by atoms with van der Waals surface area (Å²) in [4.78, 5) is 29.4. The molecule has 2 heterocycles. The van der Waals surface area contributed by atoms with Crippen molar-refractivity contribution in [1.29, 1.82) is 0 Å². The van der Waals surface area contributed by atoms with Gasteiger partial charge in [0.1, 0.15) is 5.75 Å². The minimum atomic E-state index is -4.44. The first kappa shape index (κ1) is 26.0. The van der Waals surface area contributed by atoms with Gasteiger partial charge in [0, 0.05) is 24.4 Å². The second kappa shape index (κ2) is 9.90. The zero-order valence-corrected chi connectivity index (χ0v) is 21.7. The summed E-state index contributed by atoms with van der Waals surface area (Å²) in [7, 11) is 1.53. The van der Waals surface area contributed by atoms with Crippen LogP contribution in [0.1, 0.15) is 27.8 Å². The van der Waals surface area contributed by atoms with Gasteiger partial charge in [-0.05, 0) is 48.4 Å². The number of thioether (sulfide) groups is 1. The van der Waals surface area contributed by atoms with Crippen LogP contribution in [0.3, 0.4) is 0 Å². The first-order valence-electron chi connectivity index (χ1n) is 12.0. The van der Waals surface area contributed by atoms with Gasteiger partial charge in [0.2, 0.25) is 0 Å². The monoisotopic (exact) mass is 541 g/mol. The number of amides is 3. The van der Waals surface area contributed by atoms with E-state index in [1.165, 1.54) is 35.9 Å². The fourth-order valence-electron chi connectivity index (χ4n) is 4.96. The average molecular weight is 542 g/mol. The number of hydrogen-bond donors (Lipinski definition) is 1. The number of benzene rings is 3. The molecule has 38 heavy (non-hydrogen) atoms. The number of halogens is 3. The van der Waals surface area contributed by atoms with Crippen molar-refractivity contribution >= 4 is 29.4 Å². The van der Waals surface area contributed by atoms with Gasteiger partial charge < -0.3 is 15.0 Å². The Morgan fingerprint density at radius 1 is 1.08 bits per heavy atom. The smallest absolute Gasteiger partial charge is 0.416 e. The lowest BCUT2D eigenvalue weighted by Crippen LogP contribution is -2.53. The number of alkyl halides is 3. The summed E-state index contributed by atoms with van der Waals surface area (Å²) in [6, 6.07) is 17.5. The van der Waals surface area contributed by atoms with Crippen LogP contribution in [0, 0.1) is 6.92 Å².